The molecule has 166 valence electrons. The second-order valence-corrected chi connectivity index (χ2v) is 8.75. The molecular formula is C23H30N4O4. The van der Waals surface area contributed by atoms with Crippen LogP contribution < -0.4 is 9.47 Å². The molecule has 3 aliphatic heterocycles. The molecule has 5 rings (SSSR count). The first kappa shape index (κ1) is 20.3. The fourth-order valence-electron chi connectivity index (χ4n) is 4.97. The summed E-state index contributed by atoms with van der Waals surface area (Å²) in [5, 5.41) is 3.95. The van der Waals surface area contributed by atoms with E-state index in [4.69, 9.17) is 14.0 Å². The van der Waals surface area contributed by atoms with Crippen molar-refractivity contribution in [1.82, 2.24) is 19.9 Å². The number of fused-ring (bicyclic) bond motifs is 1. The molecule has 0 spiro atoms. The van der Waals surface area contributed by atoms with Crippen molar-refractivity contribution in [2.45, 2.75) is 39.3 Å². The summed E-state index contributed by atoms with van der Waals surface area (Å²) in [6, 6.07) is 6.64. The van der Waals surface area contributed by atoms with E-state index in [0.717, 1.165) is 70.2 Å². The third-order valence-electron chi connectivity index (χ3n) is 6.70. The normalized spacial score (nSPS) is 22.1. The van der Waals surface area contributed by atoms with E-state index in [2.05, 4.69) is 27.1 Å². The maximum atomic E-state index is 13.0. The molecule has 1 amide bonds. The average Bonchev–Trinajstić information content (AvgIpc) is 3.39. The number of rotatable bonds is 4. The summed E-state index contributed by atoms with van der Waals surface area (Å²) >= 11 is 0. The van der Waals surface area contributed by atoms with Crippen LogP contribution in [0.15, 0.2) is 22.7 Å². The summed E-state index contributed by atoms with van der Waals surface area (Å²) in [5.41, 5.74) is 2.57. The Morgan fingerprint density at radius 1 is 1.10 bits per heavy atom. The zero-order chi connectivity index (χ0) is 21.4. The number of aryl methyl sites for hydroxylation is 2. The van der Waals surface area contributed by atoms with Gasteiger partial charge >= 0.3 is 0 Å². The molecule has 1 atom stereocenters. The molecule has 8 heteroatoms. The molecule has 0 bridgehead atoms. The number of benzene rings is 1. The Hall–Kier alpha value is -2.58. The predicted octanol–water partition coefficient (Wildman–Crippen LogP) is 2.44. The number of carbonyl (C=O) groups is 1. The van der Waals surface area contributed by atoms with Gasteiger partial charge in [-0.15, -0.1) is 0 Å². The van der Waals surface area contributed by atoms with Gasteiger partial charge in [-0.25, -0.2) is 0 Å². The van der Waals surface area contributed by atoms with Gasteiger partial charge in [0.2, 0.25) is 6.79 Å². The van der Waals surface area contributed by atoms with Crippen LogP contribution in [0.2, 0.25) is 0 Å². The Bertz CT molecular complexity index is 932. The number of aromatic nitrogens is 1. The Morgan fingerprint density at radius 3 is 2.68 bits per heavy atom. The van der Waals surface area contributed by atoms with Crippen LogP contribution >= 0.6 is 0 Å². The quantitative estimate of drug-likeness (QED) is 0.744. The second-order valence-electron chi connectivity index (χ2n) is 8.75. The van der Waals surface area contributed by atoms with Crippen molar-refractivity contribution in [1.29, 1.82) is 0 Å². The largest absolute Gasteiger partial charge is 0.454 e. The van der Waals surface area contributed by atoms with Crippen LogP contribution in [0.25, 0.3) is 0 Å². The molecule has 0 saturated carbocycles. The summed E-state index contributed by atoms with van der Waals surface area (Å²) in [5.74, 6) is 2.35. The van der Waals surface area contributed by atoms with Gasteiger partial charge in [-0.3, -0.25) is 14.6 Å². The monoisotopic (exact) mass is 426 g/mol. The molecule has 4 heterocycles. The van der Waals surface area contributed by atoms with E-state index in [-0.39, 0.29) is 5.91 Å². The van der Waals surface area contributed by atoms with Gasteiger partial charge in [0.05, 0.1) is 5.69 Å². The number of carbonyl (C=O) groups excluding carboxylic acids is 1. The lowest BCUT2D eigenvalue weighted by atomic mass is 10.0. The summed E-state index contributed by atoms with van der Waals surface area (Å²) in [4.78, 5) is 20.1. The Balaban J connectivity index is 1.15. The van der Waals surface area contributed by atoms with Crippen LogP contribution in [0.1, 0.15) is 40.2 Å². The second kappa shape index (κ2) is 8.51. The van der Waals surface area contributed by atoms with Crippen molar-refractivity contribution in [3.63, 3.8) is 0 Å². The highest BCUT2D eigenvalue weighted by atomic mass is 16.7. The van der Waals surface area contributed by atoms with Crippen LogP contribution in [0.5, 0.6) is 11.5 Å². The lowest BCUT2D eigenvalue weighted by Crippen LogP contribution is -2.55. The van der Waals surface area contributed by atoms with Crippen LogP contribution in [-0.4, -0.2) is 77.9 Å². The molecule has 8 nitrogen and oxygen atoms in total. The molecule has 0 radical (unpaired) electrons. The minimum atomic E-state index is 0.0578. The van der Waals surface area contributed by atoms with Crippen LogP contribution in [0, 0.1) is 13.8 Å². The first-order valence-corrected chi connectivity index (χ1v) is 11.2. The van der Waals surface area contributed by atoms with Crippen LogP contribution in [0.3, 0.4) is 0 Å². The van der Waals surface area contributed by atoms with Gasteiger partial charge in [0, 0.05) is 51.9 Å². The van der Waals surface area contributed by atoms with Gasteiger partial charge in [0.25, 0.3) is 5.91 Å². The predicted molar refractivity (Wildman–Crippen MR) is 114 cm³/mol. The zero-order valence-electron chi connectivity index (χ0n) is 18.3. The number of piperazine rings is 1. The van der Waals surface area contributed by atoms with Crippen LogP contribution in [-0.2, 0) is 6.54 Å². The van der Waals surface area contributed by atoms with Crippen molar-refractivity contribution in [3.8, 4) is 11.5 Å². The number of ether oxygens (including phenoxy) is 2. The molecule has 1 aromatic heterocycles. The molecule has 31 heavy (non-hydrogen) atoms. The summed E-state index contributed by atoms with van der Waals surface area (Å²) in [7, 11) is 0. The first-order valence-electron chi connectivity index (χ1n) is 11.2. The number of piperidine rings is 1. The Morgan fingerprint density at radius 2 is 1.90 bits per heavy atom. The molecule has 1 aromatic carbocycles. The standard InChI is InChI=1S/C23H30N4O4/c1-16-22(17(2)31-24-16)23(28)27-7-3-4-19(14-27)26-10-8-25(9-11-26)13-18-5-6-20-21(12-18)30-15-29-20/h5-6,12,19H,3-4,7-11,13-15H2,1-2H3. The van der Waals surface area contributed by atoms with Gasteiger partial charge in [-0.2, -0.15) is 0 Å². The first-order chi connectivity index (χ1) is 15.1. The number of hydrogen-bond donors (Lipinski definition) is 0. The van der Waals surface area contributed by atoms with E-state index in [0.29, 0.717) is 29.9 Å². The minimum absolute atomic E-state index is 0.0578. The fourth-order valence-corrected chi connectivity index (χ4v) is 4.97. The highest BCUT2D eigenvalue weighted by molar-refractivity contribution is 5.96. The molecule has 2 fully saturated rings. The van der Waals surface area contributed by atoms with Crippen molar-refractivity contribution >= 4 is 5.91 Å². The number of likely N-dealkylation sites (tertiary alicyclic amines) is 1. The molecule has 3 aliphatic rings. The minimum Gasteiger partial charge on any atom is -0.454 e. The molecule has 0 N–H and O–H groups in total. The maximum absolute atomic E-state index is 13.0. The summed E-state index contributed by atoms with van der Waals surface area (Å²) in [6.07, 6.45) is 2.19. The van der Waals surface area contributed by atoms with Crippen molar-refractivity contribution in [2.24, 2.45) is 0 Å². The zero-order valence-corrected chi connectivity index (χ0v) is 18.3. The summed E-state index contributed by atoms with van der Waals surface area (Å²) < 4.78 is 16.1. The van der Waals surface area contributed by atoms with Gasteiger partial charge in [-0.1, -0.05) is 11.2 Å². The third-order valence-corrected chi connectivity index (χ3v) is 6.70. The number of amides is 1. The van der Waals surface area contributed by atoms with Crippen molar-refractivity contribution in [3.05, 3.63) is 40.8 Å². The van der Waals surface area contributed by atoms with Crippen LogP contribution in [0.4, 0.5) is 0 Å². The maximum Gasteiger partial charge on any atom is 0.259 e. The van der Waals surface area contributed by atoms with E-state index in [9.17, 15) is 4.79 Å². The molecule has 1 unspecified atom stereocenters. The average molecular weight is 427 g/mol. The topological polar surface area (TPSA) is 71.3 Å². The number of hydrogen-bond acceptors (Lipinski definition) is 7. The third kappa shape index (κ3) is 4.14. The number of nitrogens with zero attached hydrogens (tertiary/aromatic N) is 4. The van der Waals surface area contributed by atoms with E-state index in [1.165, 1.54) is 5.56 Å². The van der Waals surface area contributed by atoms with Gasteiger partial charge in [0.1, 0.15) is 11.3 Å². The SMILES string of the molecule is Cc1noc(C)c1C(=O)N1CCCC(N2CCN(Cc3ccc4c(c3)OCO4)CC2)C1. The molecular weight excluding hydrogens is 396 g/mol. The summed E-state index contributed by atoms with van der Waals surface area (Å²) in [6.45, 7) is 10.6. The van der Waals surface area contributed by atoms with E-state index < -0.39 is 0 Å². The van der Waals surface area contributed by atoms with E-state index >= 15 is 0 Å². The molecule has 2 saturated heterocycles. The smallest absolute Gasteiger partial charge is 0.259 e. The van der Waals surface area contributed by atoms with Crippen molar-refractivity contribution in [2.75, 3.05) is 46.1 Å². The van der Waals surface area contributed by atoms with E-state index in [1.54, 1.807) is 0 Å². The molecule has 2 aromatic rings. The van der Waals surface area contributed by atoms with Gasteiger partial charge in [-0.05, 0) is 44.4 Å². The fraction of sp³-hybridized carbons (Fsp3) is 0.565. The highest BCUT2D eigenvalue weighted by Gasteiger charge is 2.32. The molecule has 0 aliphatic carbocycles. The lowest BCUT2D eigenvalue weighted by molar-refractivity contribution is 0.0406. The van der Waals surface area contributed by atoms with E-state index in [1.807, 2.05) is 24.8 Å². The lowest BCUT2D eigenvalue weighted by Gasteiger charge is -2.43. The van der Waals surface area contributed by atoms with Gasteiger partial charge < -0.3 is 18.9 Å². The highest BCUT2D eigenvalue weighted by Crippen LogP contribution is 2.33. The Kier molecular flexibility index (Phi) is 5.58. The Labute approximate surface area is 182 Å². The van der Waals surface area contributed by atoms with Crippen molar-refractivity contribution < 1.29 is 18.8 Å². The van der Waals surface area contributed by atoms with Gasteiger partial charge in [0.15, 0.2) is 11.5 Å².